The smallest absolute Gasteiger partial charge is 0.329 e. The maximum absolute atomic E-state index is 12.8. The number of nitrogens with one attached hydrogen (secondary N) is 1. The predicted octanol–water partition coefficient (Wildman–Crippen LogP) is 6.43. The average Bonchev–Trinajstić information content (AvgIpc) is 3.04. The zero-order valence-electron chi connectivity index (χ0n) is 16.6. The highest BCUT2D eigenvalue weighted by molar-refractivity contribution is 9.10. The summed E-state index contributed by atoms with van der Waals surface area (Å²) in [4.78, 5) is 26.4. The van der Waals surface area contributed by atoms with Crippen LogP contribution in [0.3, 0.4) is 0 Å². The molecule has 5 nitrogen and oxygen atoms in total. The van der Waals surface area contributed by atoms with Crippen molar-refractivity contribution in [1.29, 1.82) is 0 Å². The van der Waals surface area contributed by atoms with E-state index < -0.39 is 11.9 Å². The minimum absolute atomic E-state index is 0.185. The van der Waals surface area contributed by atoms with E-state index in [4.69, 9.17) is 27.9 Å². The van der Waals surface area contributed by atoms with Gasteiger partial charge in [-0.25, -0.2) is 4.79 Å². The molecule has 1 fully saturated rings. The minimum Gasteiger partial charge on any atom is -0.488 e. The molecule has 0 unspecified atom stereocenters. The van der Waals surface area contributed by atoms with Gasteiger partial charge in [-0.05, 0) is 47.5 Å². The second-order valence-corrected chi connectivity index (χ2v) is 8.81. The molecule has 32 heavy (non-hydrogen) atoms. The maximum atomic E-state index is 12.8. The number of benzene rings is 3. The molecule has 1 N–H and O–H groups in total. The summed E-state index contributed by atoms with van der Waals surface area (Å²) in [5, 5.41) is 3.58. The van der Waals surface area contributed by atoms with E-state index in [0.29, 0.717) is 21.4 Å². The van der Waals surface area contributed by atoms with Crippen LogP contribution in [-0.2, 0) is 17.9 Å². The molecule has 0 radical (unpaired) electrons. The van der Waals surface area contributed by atoms with E-state index in [-0.39, 0.29) is 18.8 Å². The first-order chi connectivity index (χ1) is 15.4. The quantitative estimate of drug-likeness (QED) is 0.294. The molecule has 3 aromatic carbocycles. The lowest BCUT2D eigenvalue weighted by atomic mass is 10.1. The Morgan fingerprint density at radius 2 is 1.66 bits per heavy atom. The molecule has 162 valence electrons. The normalized spacial score (nSPS) is 14.7. The molecule has 0 aliphatic carbocycles. The number of rotatable bonds is 6. The van der Waals surface area contributed by atoms with Crippen molar-refractivity contribution in [2.45, 2.75) is 13.2 Å². The molecule has 1 aliphatic heterocycles. The summed E-state index contributed by atoms with van der Waals surface area (Å²) in [6.07, 6.45) is 1.62. The van der Waals surface area contributed by atoms with Gasteiger partial charge in [-0.3, -0.25) is 9.69 Å². The lowest BCUT2D eigenvalue weighted by Gasteiger charge is -2.12. The summed E-state index contributed by atoms with van der Waals surface area (Å²) in [5.74, 6) is 0.177. The first-order valence-corrected chi connectivity index (χ1v) is 11.2. The lowest BCUT2D eigenvalue weighted by molar-refractivity contribution is -0.123. The Hall–Kier alpha value is -2.80. The van der Waals surface area contributed by atoms with E-state index in [1.807, 2.05) is 48.5 Å². The largest absolute Gasteiger partial charge is 0.488 e. The standard InChI is InChI=1S/C24H17BrCl2N2O3/c25-18-8-5-15(6-9-18)13-29-23(30)21(28-24(29)31)12-17-3-1-2-4-22(17)32-14-16-7-10-19(26)20(27)11-16/h1-12H,13-14H2,(H,28,31)/b21-12+. The van der Waals surface area contributed by atoms with Gasteiger partial charge < -0.3 is 10.1 Å². The monoisotopic (exact) mass is 530 g/mol. The fourth-order valence-electron chi connectivity index (χ4n) is 3.16. The van der Waals surface area contributed by atoms with E-state index in [1.54, 1.807) is 24.3 Å². The van der Waals surface area contributed by atoms with E-state index in [0.717, 1.165) is 15.6 Å². The number of hydrogen-bond acceptors (Lipinski definition) is 3. The Balaban J connectivity index is 1.51. The first-order valence-electron chi connectivity index (χ1n) is 9.65. The van der Waals surface area contributed by atoms with Crippen LogP contribution in [0.5, 0.6) is 5.75 Å². The highest BCUT2D eigenvalue weighted by Crippen LogP contribution is 2.26. The van der Waals surface area contributed by atoms with E-state index in [2.05, 4.69) is 21.2 Å². The molecular formula is C24H17BrCl2N2O3. The van der Waals surface area contributed by atoms with Crippen LogP contribution < -0.4 is 10.1 Å². The van der Waals surface area contributed by atoms with Gasteiger partial charge >= 0.3 is 6.03 Å². The van der Waals surface area contributed by atoms with Gasteiger partial charge in [0.1, 0.15) is 18.1 Å². The zero-order valence-corrected chi connectivity index (χ0v) is 19.7. The zero-order chi connectivity index (χ0) is 22.7. The van der Waals surface area contributed by atoms with E-state index in [9.17, 15) is 9.59 Å². The van der Waals surface area contributed by atoms with Crippen LogP contribution in [0.15, 0.2) is 76.9 Å². The lowest BCUT2D eigenvalue weighted by Crippen LogP contribution is -2.30. The molecule has 0 aromatic heterocycles. The van der Waals surface area contributed by atoms with Crippen molar-refractivity contribution >= 4 is 57.1 Å². The van der Waals surface area contributed by atoms with Crippen LogP contribution in [0.2, 0.25) is 10.0 Å². The predicted molar refractivity (Wildman–Crippen MR) is 128 cm³/mol. The molecule has 1 aliphatic rings. The molecule has 1 saturated heterocycles. The summed E-state index contributed by atoms with van der Waals surface area (Å²) in [6, 6.07) is 19.6. The number of carbonyl (C=O) groups is 2. The van der Waals surface area contributed by atoms with Gasteiger partial charge in [-0.2, -0.15) is 0 Å². The van der Waals surface area contributed by atoms with E-state index >= 15 is 0 Å². The number of urea groups is 1. The maximum Gasteiger partial charge on any atom is 0.329 e. The van der Waals surface area contributed by atoms with Gasteiger partial charge in [0.15, 0.2) is 0 Å². The van der Waals surface area contributed by atoms with Gasteiger partial charge in [0.05, 0.1) is 16.6 Å². The van der Waals surface area contributed by atoms with Crippen LogP contribution in [0.4, 0.5) is 4.79 Å². The van der Waals surface area contributed by atoms with Crippen LogP contribution in [0.1, 0.15) is 16.7 Å². The molecule has 1 heterocycles. The molecule has 8 heteroatoms. The minimum atomic E-state index is -0.460. The molecule has 3 amide bonds. The van der Waals surface area contributed by atoms with Gasteiger partial charge in [-0.1, -0.05) is 75.5 Å². The second-order valence-electron chi connectivity index (χ2n) is 7.08. The molecule has 0 spiro atoms. The van der Waals surface area contributed by atoms with Crippen molar-refractivity contribution in [1.82, 2.24) is 10.2 Å². The van der Waals surface area contributed by atoms with Crippen molar-refractivity contribution in [3.05, 3.63) is 104 Å². The molecule has 0 atom stereocenters. The highest BCUT2D eigenvalue weighted by atomic mass is 79.9. The third-order valence-electron chi connectivity index (χ3n) is 4.81. The highest BCUT2D eigenvalue weighted by Gasteiger charge is 2.33. The third-order valence-corrected chi connectivity index (χ3v) is 6.08. The van der Waals surface area contributed by atoms with Crippen LogP contribution in [0.25, 0.3) is 6.08 Å². The van der Waals surface area contributed by atoms with Crippen molar-refractivity contribution in [3.8, 4) is 5.75 Å². The Morgan fingerprint density at radius 1 is 0.938 bits per heavy atom. The van der Waals surface area contributed by atoms with Gasteiger partial charge in [-0.15, -0.1) is 0 Å². The topological polar surface area (TPSA) is 58.6 Å². The number of imide groups is 1. The summed E-state index contributed by atoms with van der Waals surface area (Å²) in [7, 11) is 0. The summed E-state index contributed by atoms with van der Waals surface area (Å²) in [6.45, 7) is 0.456. The van der Waals surface area contributed by atoms with Crippen LogP contribution >= 0.6 is 39.1 Å². The number of halogens is 3. The number of amides is 3. The van der Waals surface area contributed by atoms with Gasteiger partial charge in [0.25, 0.3) is 5.91 Å². The van der Waals surface area contributed by atoms with Crippen molar-refractivity contribution < 1.29 is 14.3 Å². The van der Waals surface area contributed by atoms with Crippen LogP contribution in [0, 0.1) is 0 Å². The SMILES string of the molecule is O=C1N/C(=C/c2ccccc2OCc2ccc(Cl)c(Cl)c2)C(=O)N1Cc1ccc(Br)cc1. The Morgan fingerprint density at radius 3 is 2.41 bits per heavy atom. The molecule has 3 aromatic rings. The molecule has 0 bridgehead atoms. The van der Waals surface area contributed by atoms with Crippen molar-refractivity contribution in [2.24, 2.45) is 0 Å². The second kappa shape index (κ2) is 9.77. The molecule has 4 rings (SSSR count). The Labute approximate surface area is 203 Å². The number of ether oxygens (including phenoxy) is 1. The number of nitrogens with zero attached hydrogens (tertiary/aromatic N) is 1. The van der Waals surface area contributed by atoms with Crippen LogP contribution in [-0.4, -0.2) is 16.8 Å². The Bertz CT molecular complexity index is 1210. The number of para-hydroxylation sites is 1. The fraction of sp³-hybridized carbons (Fsp3) is 0.0833. The molecular weight excluding hydrogens is 515 g/mol. The van der Waals surface area contributed by atoms with Crippen molar-refractivity contribution in [2.75, 3.05) is 0 Å². The molecule has 0 saturated carbocycles. The van der Waals surface area contributed by atoms with Gasteiger partial charge in [0, 0.05) is 10.0 Å². The fourth-order valence-corrected chi connectivity index (χ4v) is 3.75. The average molecular weight is 532 g/mol. The third kappa shape index (κ3) is 5.15. The summed E-state index contributed by atoms with van der Waals surface area (Å²) in [5.41, 5.74) is 2.57. The number of hydrogen-bond donors (Lipinski definition) is 1. The summed E-state index contributed by atoms with van der Waals surface area (Å²) < 4.78 is 6.86. The Kier molecular flexibility index (Phi) is 6.84. The number of carbonyl (C=O) groups excluding carboxylic acids is 2. The first kappa shape index (κ1) is 22.4. The van der Waals surface area contributed by atoms with Gasteiger partial charge in [0.2, 0.25) is 0 Å². The summed E-state index contributed by atoms with van der Waals surface area (Å²) >= 11 is 15.4. The van der Waals surface area contributed by atoms with Crippen molar-refractivity contribution in [3.63, 3.8) is 0 Å². The van der Waals surface area contributed by atoms with E-state index in [1.165, 1.54) is 4.90 Å².